The number of carbonyl (C=O) groups is 1. The van der Waals surface area contributed by atoms with Crippen molar-refractivity contribution in [2.24, 2.45) is 0 Å². The van der Waals surface area contributed by atoms with E-state index < -0.39 is 17.5 Å². The first-order valence-electron chi connectivity index (χ1n) is 6.81. The molecular weight excluding hydrogens is 340 g/mol. The second-order valence-corrected chi connectivity index (χ2v) is 5.23. The molecule has 0 saturated carbocycles. The zero-order chi connectivity index (χ0) is 17.1. The molecule has 3 rings (SSSR count). The SMILES string of the molecule is O=C(NCc1nnnn1-c1ccc(Cl)cc1)c1ccc(F)c(F)c1. The van der Waals surface area contributed by atoms with Crippen LogP contribution in [-0.4, -0.2) is 26.1 Å². The smallest absolute Gasteiger partial charge is 0.251 e. The summed E-state index contributed by atoms with van der Waals surface area (Å²) in [4.78, 5) is 12.0. The molecule has 24 heavy (non-hydrogen) atoms. The Morgan fingerprint density at radius 3 is 2.58 bits per heavy atom. The summed E-state index contributed by atoms with van der Waals surface area (Å²) in [5.74, 6) is -2.31. The standard InChI is InChI=1S/C15H10ClF2N5O/c16-10-2-4-11(5-3-10)23-14(20-21-22-23)8-19-15(24)9-1-6-12(17)13(18)7-9/h1-7H,8H2,(H,19,24). The lowest BCUT2D eigenvalue weighted by Gasteiger charge is -2.07. The van der Waals surface area contributed by atoms with E-state index in [-0.39, 0.29) is 12.1 Å². The molecule has 0 atom stereocenters. The summed E-state index contributed by atoms with van der Waals surface area (Å²) in [7, 11) is 0. The molecule has 0 aliphatic rings. The highest BCUT2D eigenvalue weighted by atomic mass is 35.5. The minimum absolute atomic E-state index is 0.000539. The van der Waals surface area contributed by atoms with Gasteiger partial charge in [0.05, 0.1) is 12.2 Å². The number of benzene rings is 2. The molecule has 0 bridgehead atoms. The second kappa shape index (κ2) is 6.71. The van der Waals surface area contributed by atoms with Gasteiger partial charge < -0.3 is 5.32 Å². The summed E-state index contributed by atoms with van der Waals surface area (Å²) in [5, 5.41) is 14.4. The quantitative estimate of drug-likeness (QED) is 0.785. The third kappa shape index (κ3) is 3.38. The zero-order valence-electron chi connectivity index (χ0n) is 12.1. The molecule has 1 amide bonds. The van der Waals surface area contributed by atoms with E-state index in [1.807, 2.05) is 0 Å². The van der Waals surface area contributed by atoms with E-state index in [1.165, 1.54) is 10.7 Å². The van der Waals surface area contributed by atoms with Crippen molar-refractivity contribution in [2.75, 3.05) is 0 Å². The topological polar surface area (TPSA) is 72.7 Å². The van der Waals surface area contributed by atoms with Crippen LogP contribution < -0.4 is 5.32 Å². The maximum atomic E-state index is 13.2. The Bertz CT molecular complexity index is 882. The summed E-state index contributed by atoms with van der Waals surface area (Å²) in [6, 6.07) is 9.72. The fourth-order valence-electron chi connectivity index (χ4n) is 2.00. The zero-order valence-corrected chi connectivity index (χ0v) is 12.8. The van der Waals surface area contributed by atoms with Crippen molar-refractivity contribution in [1.82, 2.24) is 25.5 Å². The third-order valence-corrected chi connectivity index (χ3v) is 3.45. The second-order valence-electron chi connectivity index (χ2n) is 4.79. The van der Waals surface area contributed by atoms with Gasteiger partial charge in [-0.3, -0.25) is 4.79 Å². The summed E-state index contributed by atoms with van der Waals surface area (Å²) in [6.45, 7) is 0.00740. The highest BCUT2D eigenvalue weighted by Gasteiger charge is 2.13. The molecule has 3 aromatic rings. The molecule has 0 fully saturated rings. The number of carbonyl (C=O) groups excluding carboxylic acids is 1. The molecular formula is C15H10ClF2N5O. The van der Waals surface area contributed by atoms with Crippen molar-refractivity contribution in [2.45, 2.75) is 6.54 Å². The molecule has 6 nitrogen and oxygen atoms in total. The van der Waals surface area contributed by atoms with Crippen molar-refractivity contribution >= 4 is 17.5 Å². The van der Waals surface area contributed by atoms with E-state index in [9.17, 15) is 13.6 Å². The van der Waals surface area contributed by atoms with Crippen LogP contribution in [-0.2, 0) is 6.54 Å². The number of aromatic nitrogens is 4. The molecule has 1 N–H and O–H groups in total. The van der Waals surface area contributed by atoms with Crippen LogP contribution in [0.5, 0.6) is 0 Å². The average molecular weight is 350 g/mol. The number of nitrogens with one attached hydrogen (secondary N) is 1. The molecule has 2 aromatic carbocycles. The summed E-state index contributed by atoms with van der Waals surface area (Å²) in [5.41, 5.74) is 0.667. The van der Waals surface area contributed by atoms with Crippen molar-refractivity contribution in [3.8, 4) is 5.69 Å². The normalized spacial score (nSPS) is 10.6. The summed E-state index contributed by atoms with van der Waals surface area (Å²) < 4.78 is 27.5. The van der Waals surface area contributed by atoms with E-state index in [2.05, 4.69) is 20.8 Å². The molecule has 0 saturated heterocycles. The number of amides is 1. The van der Waals surface area contributed by atoms with E-state index in [1.54, 1.807) is 24.3 Å². The van der Waals surface area contributed by atoms with Gasteiger partial charge in [-0.25, -0.2) is 8.78 Å². The van der Waals surface area contributed by atoms with Crippen LogP contribution in [0.4, 0.5) is 8.78 Å². The number of hydrogen-bond acceptors (Lipinski definition) is 4. The van der Waals surface area contributed by atoms with Crippen LogP contribution in [0.2, 0.25) is 5.02 Å². The van der Waals surface area contributed by atoms with Crippen molar-refractivity contribution in [3.63, 3.8) is 0 Å². The van der Waals surface area contributed by atoms with Crippen LogP contribution in [0, 0.1) is 11.6 Å². The van der Waals surface area contributed by atoms with Gasteiger partial charge in [0.1, 0.15) is 0 Å². The van der Waals surface area contributed by atoms with E-state index in [0.29, 0.717) is 16.5 Å². The number of tetrazole rings is 1. The third-order valence-electron chi connectivity index (χ3n) is 3.19. The highest BCUT2D eigenvalue weighted by molar-refractivity contribution is 6.30. The van der Waals surface area contributed by atoms with Gasteiger partial charge in [0.15, 0.2) is 17.5 Å². The van der Waals surface area contributed by atoms with Gasteiger partial charge in [-0.2, -0.15) is 4.68 Å². The molecule has 0 aliphatic carbocycles. The van der Waals surface area contributed by atoms with Crippen LogP contribution in [0.3, 0.4) is 0 Å². The lowest BCUT2D eigenvalue weighted by Crippen LogP contribution is -2.25. The van der Waals surface area contributed by atoms with Crippen LogP contribution >= 0.6 is 11.6 Å². The van der Waals surface area contributed by atoms with Gasteiger partial charge >= 0.3 is 0 Å². The Hall–Kier alpha value is -2.87. The predicted molar refractivity (Wildman–Crippen MR) is 81.7 cm³/mol. The van der Waals surface area contributed by atoms with E-state index in [4.69, 9.17) is 11.6 Å². The molecule has 122 valence electrons. The van der Waals surface area contributed by atoms with Crippen LogP contribution in [0.15, 0.2) is 42.5 Å². The first kappa shape index (κ1) is 16.0. The Balaban J connectivity index is 1.73. The highest BCUT2D eigenvalue weighted by Crippen LogP contribution is 2.13. The molecule has 0 radical (unpaired) electrons. The monoisotopic (exact) mass is 349 g/mol. The van der Waals surface area contributed by atoms with Crippen molar-refractivity contribution < 1.29 is 13.6 Å². The van der Waals surface area contributed by atoms with Gasteiger partial charge in [0.25, 0.3) is 5.91 Å². The maximum Gasteiger partial charge on any atom is 0.251 e. The van der Waals surface area contributed by atoms with Gasteiger partial charge in [0, 0.05) is 10.6 Å². The maximum absolute atomic E-state index is 13.2. The van der Waals surface area contributed by atoms with Crippen molar-refractivity contribution in [3.05, 3.63) is 70.5 Å². The summed E-state index contributed by atoms with van der Waals surface area (Å²) in [6.07, 6.45) is 0. The minimum atomic E-state index is -1.09. The Labute approximate surface area is 140 Å². The Morgan fingerprint density at radius 1 is 1.12 bits per heavy atom. The fourth-order valence-corrected chi connectivity index (χ4v) is 2.12. The van der Waals surface area contributed by atoms with Gasteiger partial charge in [-0.05, 0) is 52.9 Å². The van der Waals surface area contributed by atoms with E-state index in [0.717, 1.165) is 12.1 Å². The largest absolute Gasteiger partial charge is 0.345 e. The molecule has 1 heterocycles. The lowest BCUT2D eigenvalue weighted by molar-refractivity contribution is 0.0949. The number of rotatable bonds is 4. The predicted octanol–water partition coefficient (Wildman–Crippen LogP) is 2.52. The average Bonchev–Trinajstić information content (AvgIpc) is 3.04. The van der Waals surface area contributed by atoms with Crippen LogP contribution in [0.1, 0.15) is 16.2 Å². The molecule has 0 unspecified atom stereocenters. The molecule has 0 spiro atoms. The van der Waals surface area contributed by atoms with E-state index >= 15 is 0 Å². The van der Waals surface area contributed by atoms with Gasteiger partial charge in [-0.15, -0.1) is 5.10 Å². The number of halogens is 3. The first-order valence-corrected chi connectivity index (χ1v) is 7.19. The molecule has 9 heteroatoms. The molecule has 0 aliphatic heterocycles. The minimum Gasteiger partial charge on any atom is -0.345 e. The lowest BCUT2D eigenvalue weighted by atomic mass is 10.2. The van der Waals surface area contributed by atoms with Crippen molar-refractivity contribution in [1.29, 1.82) is 0 Å². The number of hydrogen-bond donors (Lipinski definition) is 1. The Kier molecular flexibility index (Phi) is 4.48. The first-order chi connectivity index (χ1) is 11.5. The van der Waals surface area contributed by atoms with Gasteiger partial charge in [0.2, 0.25) is 0 Å². The Morgan fingerprint density at radius 2 is 1.88 bits per heavy atom. The molecule has 1 aromatic heterocycles. The van der Waals surface area contributed by atoms with Crippen LogP contribution in [0.25, 0.3) is 5.69 Å². The van der Waals surface area contributed by atoms with Gasteiger partial charge in [-0.1, -0.05) is 11.6 Å². The number of nitrogens with zero attached hydrogens (tertiary/aromatic N) is 4. The summed E-state index contributed by atoms with van der Waals surface area (Å²) >= 11 is 5.83. The fraction of sp³-hybridized carbons (Fsp3) is 0.0667.